The van der Waals surface area contributed by atoms with Crippen LogP contribution in [0.4, 0.5) is 5.69 Å². The Morgan fingerprint density at radius 3 is 2.63 bits per heavy atom. The van der Waals surface area contributed by atoms with E-state index in [1.165, 1.54) is 24.1 Å². The van der Waals surface area contributed by atoms with E-state index in [-0.39, 0.29) is 5.54 Å². The molecule has 0 aromatic heterocycles. The molecule has 2 nitrogen and oxygen atoms in total. The molecule has 0 amide bonds. The molecule has 0 spiro atoms. The average Bonchev–Trinajstić information content (AvgIpc) is 2.48. The molecule has 1 aliphatic heterocycles. The minimum Gasteiger partial charge on any atom is -0.366 e. The maximum atomic E-state index is 3.77. The van der Waals surface area contributed by atoms with E-state index in [4.69, 9.17) is 0 Å². The van der Waals surface area contributed by atoms with Crippen molar-refractivity contribution in [3.05, 3.63) is 29.8 Å². The number of aryl methyl sites for hydroxylation is 1. The fourth-order valence-electron chi connectivity index (χ4n) is 3.04. The van der Waals surface area contributed by atoms with Crippen LogP contribution in [0.5, 0.6) is 0 Å². The van der Waals surface area contributed by atoms with Gasteiger partial charge in [0.05, 0.1) is 0 Å². The lowest BCUT2D eigenvalue weighted by atomic mass is 9.88. The van der Waals surface area contributed by atoms with Crippen LogP contribution in [0.1, 0.15) is 46.1 Å². The molecule has 2 heteroatoms. The summed E-state index contributed by atoms with van der Waals surface area (Å²) in [6.45, 7) is 11.3. The number of benzene rings is 1. The molecule has 1 N–H and O–H groups in total. The van der Waals surface area contributed by atoms with Crippen molar-refractivity contribution < 1.29 is 0 Å². The van der Waals surface area contributed by atoms with Crippen LogP contribution in [0.15, 0.2) is 24.3 Å². The second-order valence-electron chi connectivity index (χ2n) is 5.87. The molecule has 1 aromatic rings. The van der Waals surface area contributed by atoms with Gasteiger partial charge in [0.25, 0.3) is 0 Å². The van der Waals surface area contributed by atoms with E-state index in [9.17, 15) is 0 Å². The Morgan fingerprint density at radius 1 is 1.26 bits per heavy atom. The van der Waals surface area contributed by atoms with E-state index in [1.807, 2.05) is 0 Å². The number of nitrogens with zero attached hydrogens (tertiary/aromatic N) is 1. The zero-order chi connectivity index (χ0) is 13.9. The molecule has 0 radical (unpaired) electrons. The largest absolute Gasteiger partial charge is 0.366 e. The summed E-state index contributed by atoms with van der Waals surface area (Å²) in [5.74, 6) is 0. The number of anilines is 1. The van der Waals surface area contributed by atoms with Gasteiger partial charge in [0, 0.05) is 30.4 Å². The maximum absolute atomic E-state index is 3.77. The van der Waals surface area contributed by atoms with Gasteiger partial charge in [0.1, 0.15) is 0 Å². The van der Waals surface area contributed by atoms with Gasteiger partial charge in [-0.1, -0.05) is 32.9 Å². The van der Waals surface area contributed by atoms with E-state index >= 15 is 0 Å². The van der Waals surface area contributed by atoms with E-state index < -0.39 is 0 Å². The van der Waals surface area contributed by atoms with Gasteiger partial charge < -0.3 is 10.2 Å². The van der Waals surface area contributed by atoms with E-state index in [1.54, 1.807) is 0 Å². The third kappa shape index (κ3) is 2.94. The van der Waals surface area contributed by atoms with Crippen LogP contribution in [-0.4, -0.2) is 24.7 Å². The summed E-state index contributed by atoms with van der Waals surface area (Å²) in [6, 6.07) is 9.61. The SMILES string of the molecule is CCc1cccc(N2CC(CC)(CC)NCC2C)c1. The Kier molecular flexibility index (Phi) is 4.51. The molecular formula is C17H28N2. The molecule has 1 atom stereocenters. The second kappa shape index (κ2) is 5.96. The Balaban J connectivity index is 2.25. The molecular weight excluding hydrogens is 232 g/mol. The van der Waals surface area contributed by atoms with Crippen molar-refractivity contribution in [2.24, 2.45) is 0 Å². The molecule has 1 fully saturated rings. The summed E-state index contributed by atoms with van der Waals surface area (Å²) in [6.07, 6.45) is 3.50. The van der Waals surface area contributed by atoms with Gasteiger partial charge >= 0.3 is 0 Å². The first-order valence-electron chi connectivity index (χ1n) is 7.74. The monoisotopic (exact) mass is 260 g/mol. The highest BCUT2D eigenvalue weighted by Gasteiger charge is 2.35. The molecule has 1 saturated heterocycles. The molecule has 0 saturated carbocycles. The van der Waals surface area contributed by atoms with E-state index in [0.717, 1.165) is 19.5 Å². The fraction of sp³-hybridized carbons (Fsp3) is 0.647. The molecule has 19 heavy (non-hydrogen) atoms. The first kappa shape index (κ1) is 14.4. The van der Waals surface area contributed by atoms with Crippen molar-refractivity contribution in [3.63, 3.8) is 0 Å². The molecule has 2 rings (SSSR count). The van der Waals surface area contributed by atoms with Gasteiger partial charge in [-0.3, -0.25) is 0 Å². The predicted octanol–water partition coefficient (Wildman–Crippen LogP) is 3.61. The number of hydrogen-bond acceptors (Lipinski definition) is 2. The molecule has 1 unspecified atom stereocenters. The van der Waals surface area contributed by atoms with Crippen LogP contribution in [0, 0.1) is 0 Å². The summed E-state index contributed by atoms with van der Waals surface area (Å²) in [4.78, 5) is 2.59. The topological polar surface area (TPSA) is 15.3 Å². The van der Waals surface area contributed by atoms with Gasteiger partial charge in [-0.05, 0) is 43.9 Å². The zero-order valence-corrected chi connectivity index (χ0v) is 12.9. The third-order valence-electron chi connectivity index (χ3n) is 4.78. The Labute approximate surface area is 118 Å². The molecule has 1 aromatic carbocycles. The summed E-state index contributed by atoms with van der Waals surface area (Å²) in [5, 5.41) is 3.77. The minimum absolute atomic E-state index is 0.286. The average molecular weight is 260 g/mol. The molecule has 1 aliphatic rings. The molecule has 0 aliphatic carbocycles. The molecule has 106 valence electrons. The molecule has 0 bridgehead atoms. The fourth-order valence-corrected chi connectivity index (χ4v) is 3.04. The standard InChI is InChI=1S/C17H28N2/c1-5-15-9-8-10-16(11-15)19-13-17(6-2,7-3)18-12-14(19)4/h8-11,14,18H,5-7,12-13H2,1-4H3. The van der Waals surface area contributed by atoms with Crippen molar-refractivity contribution in [3.8, 4) is 0 Å². The second-order valence-corrected chi connectivity index (χ2v) is 5.87. The van der Waals surface area contributed by atoms with Crippen LogP contribution in [-0.2, 0) is 6.42 Å². The first-order chi connectivity index (χ1) is 9.14. The summed E-state index contributed by atoms with van der Waals surface area (Å²) in [7, 11) is 0. The van der Waals surface area contributed by atoms with Crippen LogP contribution in [0.3, 0.4) is 0 Å². The Hall–Kier alpha value is -1.02. The molecule has 1 heterocycles. The van der Waals surface area contributed by atoms with Gasteiger partial charge in [-0.15, -0.1) is 0 Å². The Morgan fingerprint density at radius 2 is 2.00 bits per heavy atom. The maximum Gasteiger partial charge on any atom is 0.0387 e. The van der Waals surface area contributed by atoms with Crippen LogP contribution in [0.25, 0.3) is 0 Å². The van der Waals surface area contributed by atoms with Gasteiger partial charge in [-0.25, -0.2) is 0 Å². The van der Waals surface area contributed by atoms with Gasteiger partial charge in [-0.2, -0.15) is 0 Å². The van der Waals surface area contributed by atoms with Gasteiger partial charge in [0.2, 0.25) is 0 Å². The van der Waals surface area contributed by atoms with Crippen molar-refractivity contribution in [1.82, 2.24) is 5.32 Å². The highest BCUT2D eigenvalue weighted by atomic mass is 15.3. The normalized spacial score (nSPS) is 22.5. The predicted molar refractivity (Wildman–Crippen MR) is 83.9 cm³/mol. The number of rotatable bonds is 4. The van der Waals surface area contributed by atoms with Crippen LogP contribution in [0.2, 0.25) is 0 Å². The Bertz CT molecular complexity index is 409. The van der Waals surface area contributed by atoms with Gasteiger partial charge in [0.15, 0.2) is 0 Å². The highest BCUT2D eigenvalue weighted by molar-refractivity contribution is 5.50. The summed E-state index contributed by atoms with van der Waals surface area (Å²) < 4.78 is 0. The highest BCUT2D eigenvalue weighted by Crippen LogP contribution is 2.28. The lowest BCUT2D eigenvalue weighted by Gasteiger charge is -2.47. The zero-order valence-electron chi connectivity index (χ0n) is 12.9. The quantitative estimate of drug-likeness (QED) is 0.889. The third-order valence-corrected chi connectivity index (χ3v) is 4.78. The first-order valence-corrected chi connectivity index (χ1v) is 7.74. The van der Waals surface area contributed by atoms with Crippen molar-refractivity contribution in [2.75, 3.05) is 18.0 Å². The number of nitrogens with one attached hydrogen (secondary N) is 1. The lowest BCUT2D eigenvalue weighted by molar-refractivity contribution is 0.254. The summed E-state index contributed by atoms with van der Waals surface area (Å²) in [5.41, 5.74) is 3.11. The minimum atomic E-state index is 0.286. The van der Waals surface area contributed by atoms with Crippen molar-refractivity contribution >= 4 is 5.69 Å². The van der Waals surface area contributed by atoms with Crippen molar-refractivity contribution in [2.45, 2.75) is 58.5 Å². The van der Waals surface area contributed by atoms with Crippen LogP contribution < -0.4 is 10.2 Å². The smallest absolute Gasteiger partial charge is 0.0387 e. The number of hydrogen-bond donors (Lipinski definition) is 1. The van der Waals surface area contributed by atoms with E-state index in [0.29, 0.717) is 6.04 Å². The number of piperazine rings is 1. The van der Waals surface area contributed by atoms with Crippen molar-refractivity contribution in [1.29, 1.82) is 0 Å². The summed E-state index contributed by atoms with van der Waals surface area (Å²) >= 11 is 0. The lowest BCUT2D eigenvalue weighted by Crippen LogP contribution is -2.63. The van der Waals surface area contributed by atoms with E-state index in [2.05, 4.69) is 62.2 Å². The van der Waals surface area contributed by atoms with Crippen LogP contribution >= 0.6 is 0 Å².